The highest BCUT2D eigenvalue weighted by Gasteiger charge is 2.29. The van der Waals surface area contributed by atoms with Gasteiger partial charge < -0.3 is 15.0 Å². The van der Waals surface area contributed by atoms with Gasteiger partial charge in [0, 0.05) is 20.1 Å². The third-order valence-corrected chi connectivity index (χ3v) is 4.49. The zero-order chi connectivity index (χ0) is 14.8. The molecule has 2 atom stereocenters. The van der Waals surface area contributed by atoms with Gasteiger partial charge in [0.25, 0.3) is 0 Å². The maximum absolute atomic E-state index is 6.15. The largest absolute Gasteiger partial charge is 0.383 e. The summed E-state index contributed by atoms with van der Waals surface area (Å²) >= 11 is 7.84. The molecule has 0 saturated carbocycles. The van der Waals surface area contributed by atoms with Crippen LogP contribution < -0.4 is 10.2 Å². The molecule has 2 aromatic heterocycles. The summed E-state index contributed by atoms with van der Waals surface area (Å²) in [5, 5.41) is 7.73. The van der Waals surface area contributed by atoms with E-state index in [1.807, 2.05) is 7.05 Å². The van der Waals surface area contributed by atoms with Crippen molar-refractivity contribution < 1.29 is 4.74 Å². The summed E-state index contributed by atoms with van der Waals surface area (Å²) < 4.78 is 6.05. The van der Waals surface area contributed by atoms with E-state index in [0.717, 1.165) is 24.6 Å². The normalized spacial score (nSPS) is 22.3. The third kappa shape index (κ3) is 2.97. The summed E-state index contributed by atoms with van der Waals surface area (Å²) in [4.78, 5) is 10.6. The number of hydrogen-bond acceptors (Lipinski definition) is 6. The predicted molar refractivity (Wildman–Crippen MR) is 86.4 cm³/mol. The molecule has 1 saturated heterocycles. The van der Waals surface area contributed by atoms with Crippen molar-refractivity contribution in [3.63, 3.8) is 0 Å². The molecule has 21 heavy (non-hydrogen) atoms. The molecule has 112 valence electrons. The fraction of sp³-hybridized carbons (Fsp3) is 0.429. The number of rotatable bonds is 3. The minimum Gasteiger partial charge on any atom is -0.383 e. The highest BCUT2D eigenvalue weighted by atomic mass is 35.5. The fourth-order valence-electron chi connectivity index (χ4n) is 2.58. The monoisotopic (exact) mass is 324 g/mol. The number of nitrogens with zero attached hydrogens (tertiary/aromatic N) is 3. The predicted octanol–water partition coefficient (Wildman–Crippen LogP) is 3.20. The lowest BCUT2D eigenvalue weighted by Gasteiger charge is -2.38. The van der Waals surface area contributed by atoms with E-state index in [0.29, 0.717) is 5.15 Å². The van der Waals surface area contributed by atoms with Gasteiger partial charge >= 0.3 is 0 Å². The van der Waals surface area contributed by atoms with Crippen LogP contribution >= 0.6 is 22.9 Å². The molecule has 1 aliphatic heterocycles. The Morgan fingerprint density at radius 2 is 2.29 bits per heavy atom. The van der Waals surface area contributed by atoms with Gasteiger partial charge in [-0.25, -0.2) is 9.97 Å². The van der Waals surface area contributed by atoms with Crippen LogP contribution in [0.15, 0.2) is 23.2 Å². The van der Waals surface area contributed by atoms with Crippen LogP contribution in [0.2, 0.25) is 5.15 Å². The Kier molecular flexibility index (Phi) is 4.28. The van der Waals surface area contributed by atoms with E-state index in [2.05, 4.69) is 43.9 Å². The lowest BCUT2D eigenvalue weighted by atomic mass is 10.1. The zero-order valence-electron chi connectivity index (χ0n) is 11.9. The second-order valence-corrected chi connectivity index (χ2v) is 6.15. The average molecular weight is 325 g/mol. The first kappa shape index (κ1) is 14.6. The van der Waals surface area contributed by atoms with Crippen LogP contribution in [0.5, 0.6) is 0 Å². The van der Waals surface area contributed by atoms with Crippen LogP contribution in [-0.2, 0) is 4.74 Å². The number of halogens is 1. The van der Waals surface area contributed by atoms with Crippen LogP contribution in [0.1, 0.15) is 18.6 Å². The smallest absolute Gasteiger partial charge is 0.157 e. The summed E-state index contributed by atoms with van der Waals surface area (Å²) in [6.45, 7) is 3.61. The SMILES string of the molecule is CNc1c(Cl)ncnc1N1CC(C)OC(c2ccsc2)C1. The van der Waals surface area contributed by atoms with E-state index in [4.69, 9.17) is 16.3 Å². The first-order chi connectivity index (χ1) is 10.2. The summed E-state index contributed by atoms with van der Waals surface area (Å²) in [7, 11) is 1.83. The molecule has 1 N–H and O–H groups in total. The number of aromatic nitrogens is 2. The molecule has 3 heterocycles. The van der Waals surface area contributed by atoms with Crippen LogP contribution in [0, 0.1) is 0 Å². The number of nitrogens with one attached hydrogen (secondary N) is 1. The summed E-state index contributed by atoms with van der Waals surface area (Å²) in [6, 6.07) is 2.11. The second kappa shape index (κ2) is 6.17. The summed E-state index contributed by atoms with van der Waals surface area (Å²) in [6.07, 6.45) is 1.68. The number of anilines is 2. The van der Waals surface area contributed by atoms with E-state index in [-0.39, 0.29) is 12.2 Å². The Bertz CT molecular complexity index is 607. The van der Waals surface area contributed by atoms with Gasteiger partial charge in [-0.3, -0.25) is 0 Å². The molecule has 0 aromatic carbocycles. The molecule has 0 spiro atoms. The van der Waals surface area contributed by atoms with E-state index in [1.54, 1.807) is 11.3 Å². The zero-order valence-corrected chi connectivity index (χ0v) is 13.5. The number of ether oxygens (including phenoxy) is 1. The Balaban J connectivity index is 1.90. The van der Waals surface area contributed by atoms with E-state index >= 15 is 0 Å². The Morgan fingerprint density at radius 3 is 3.00 bits per heavy atom. The van der Waals surface area contributed by atoms with E-state index in [1.165, 1.54) is 11.9 Å². The van der Waals surface area contributed by atoms with Crippen LogP contribution in [0.25, 0.3) is 0 Å². The molecular weight excluding hydrogens is 308 g/mol. The van der Waals surface area contributed by atoms with E-state index in [9.17, 15) is 0 Å². The molecule has 0 amide bonds. The van der Waals surface area contributed by atoms with E-state index < -0.39 is 0 Å². The fourth-order valence-corrected chi connectivity index (χ4v) is 3.50. The van der Waals surface area contributed by atoms with Crippen LogP contribution in [0.4, 0.5) is 11.5 Å². The topological polar surface area (TPSA) is 50.3 Å². The van der Waals surface area contributed by atoms with Crippen molar-refractivity contribution in [2.24, 2.45) is 0 Å². The van der Waals surface area contributed by atoms with Crippen molar-refractivity contribution in [2.45, 2.75) is 19.1 Å². The summed E-state index contributed by atoms with van der Waals surface area (Å²) in [5.41, 5.74) is 1.97. The van der Waals surface area contributed by atoms with Gasteiger partial charge in [-0.1, -0.05) is 11.6 Å². The van der Waals surface area contributed by atoms with Crippen LogP contribution in [0.3, 0.4) is 0 Å². The van der Waals surface area contributed by atoms with Gasteiger partial charge in [-0.05, 0) is 29.3 Å². The van der Waals surface area contributed by atoms with Gasteiger partial charge in [0.1, 0.15) is 18.1 Å². The number of thiophene rings is 1. The maximum Gasteiger partial charge on any atom is 0.157 e. The quantitative estimate of drug-likeness (QED) is 0.879. The van der Waals surface area contributed by atoms with Crippen molar-refractivity contribution in [3.8, 4) is 0 Å². The van der Waals surface area contributed by atoms with Gasteiger partial charge in [0.05, 0.1) is 6.10 Å². The molecule has 7 heteroatoms. The standard InChI is InChI=1S/C14H17ClN4OS/c1-9-5-19(6-11(20-9)10-3-4-21-7-10)14-12(16-2)13(15)17-8-18-14/h3-4,7-9,11,16H,5-6H2,1-2H3. The molecule has 1 aliphatic rings. The minimum absolute atomic E-state index is 0.0541. The Labute approximate surface area is 132 Å². The molecular formula is C14H17ClN4OS. The summed E-state index contributed by atoms with van der Waals surface area (Å²) in [5.74, 6) is 0.827. The first-order valence-corrected chi connectivity index (χ1v) is 8.12. The van der Waals surface area contributed by atoms with Gasteiger partial charge in [0.2, 0.25) is 0 Å². The molecule has 1 fully saturated rings. The second-order valence-electron chi connectivity index (χ2n) is 5.01. The van der Waals surface area contributed by atoms with Gasteiger partial charge in [-0.15, -0.1) is 0 Å². The minimum atomic E-state index is 0.0541. The lowest BCUT2D eigenvalue weighted by Crippen LogP contribution is -2.43. The molecule has 0 aliphatic carbocycles. The van der Waals surface area contributed by atoms with Crippen molar-refractivity contribution in [3.05, 3.63) is 33.9 Å². The molecule has 0 radical (unpaired) electrons. The maximum atomic E-state index is 6.15. The van der Waals surface area contributed by atoms with Crippen molar-refractivity contribution >= 4 is 34.4 Å². The Morgan fingerprint density at radius 1 is 1.43 bits per heavy atom. The van der Waals surface area contributed by atoms with Crippen molar-refractivity contribution in [1.82, 2.24) is 9.97 Å². The molecule has 0 bridgehead atoms. The average Bonchev–Trinajstić information content (AvgIpc) is 3.00. The van der Waals surface area contributed by atoms with Crippen molar-refractivity contribution in [2.75, 3.05) is 30.4 Å². The highest BCUT2D eigenvalue weighted by Crippen LogP contribution is 2.34. The molecule has 3 rings (SSSR count). The highest BCUT2D eigenvalue weighted by molar-refractivity contribution is 7.07. The third-order valence-electron chi connectivity index (χ3n) is 3.51. The number of morpholine rings is 1. The lowest BCUT2D eigenvalue weighted by molar-refractivity contribution is -0.0173. The first-order valence-electron chi connectivity index (χ1n) is 6.79. The van der Waals surface area contributed by atoms with Crippen LogP contribution in [-0.4, -0.2) is 36.2 Å². The van der Waals surface area contributed by atoms with Crippen molar-refractivity contribution in [1.29, 1.82) is 0 Å². The van der Waals surface area contributed by atoms with Gasteiger partial charge in [-0.2, -0.15) is 11.3 Å². The molecule has 5 nitrogen and oxygen atoms in total. The number of hydrogen-bond donors (Lipinski definition) is 1. The Hall–Kier alpha value is -1.37. The molecule has 2 unspecified atom stereocenters. The van der Waals surface area contributed by atoms with Gasteiger partial charge in [0.15, 0.2) is 11.0 Å². The molecule has 2 aromatic rings.